The molecule has 24 heavy (non-hydrogen) atoms. The number of carbonyl (C=O) groups excluding carboxylic acids is 1. The maximum absolute atomic E-state index is 12.5. The minimum absolute atomic E-state index is 0.141. The molecule has 1 amide bonds. The molecule has 1 saturated carbocycles. The molecule has 1 unspecified atom stereocenters. The van der Waals surface area contributed by atoms with Crippen molar-refractivity contribution in [3.8, 4) is 0 Å². The van der Waals surface area contributed by atoms with Gasteiger partial charge >= 0.3 is 0 Å². The minimum atomic E-state index is -0.141. The monoisotopic (exact) mass is 337 g/mol. The van der Waals surface area contributed by atoms with Gasteiger partial charge in [-0.15, -0.1) is 5.10 Å². The van der Waals surface area contributed by atoms with Crippen molar-refractivity contribution in [2.24, 2.45) is 0 Å². The van der Waals surface area contributed by atoms with E-state index in [2.05, 4.69) is 20.5 Å². The number of ether oxygens (including phenoxy) is 2. The molecule has 1 saturated heterocycles. The first-order valence-electron chi connectivity index (χ1n) is 8.68. The third kappa shape index (κ3) is 3.93. The average molecular weight is 337 g/mol. The summed E-state index contributed by atoms with van der Waals surface area (Å²) in [7, 11) is 3.41. The van der Waals surface area contributed by atoms with Gasteiger partial charge in [0.15, 0.2) is 5.69 Å². The number of methoxy groups -OCH3 is 2. The van der Waals surface area contributed by atoms with E-state index in [0.717, 1.165) is 38.8 Å². The molecule has 0 bridgehead atoms. The summed E-state index contributed by atoms with van der Waals surface area (Å²) in [6, 6.07) is 0.579. The maximum Gasteiger partial charge on any atom is 0.273 e. The van der Waals surface area contributed by atoms with Gasteiger partial charge in [-0.25, -0.2) is 4.68 Å². The highest BCUT2D eigenvalue weighted by Gasteiger charge is 2.37. The summed E-state index contributed by atoms with van der Waals surface area (Å²) < 4.78 is 12.1. The van der Waals surface area contributed by atoms with E-state index >= 15 is 0 Å². The molecular formula is C16H27N5O3. The second kappa shape index (κ2) is 8.04. The molecule has 0 radical (unpaired) electrons. The zero-order chi connectivity index (χ0) is 16.9. The fraction of sp³-hybridized carbons (Fsp3) is 0.812. The van der Waals surface area contributed by atoms with Crippen LogP contribution in [0.15, 0.2) is 6.20 Å². The molecule has 1 aliphatic carbocycles. The Labute approximate surface area is 142 Å². The lowest BCUT2D eigenvalue weighted by atomic mass is 10.1. The van der Waals surface area contributed by atoms with Gasteiger partial charge in [-0.05, 0) is 25.7 Å². The molecule has 2 heterocycles. The first-order chi connectivity index (χ1) is 11.7. The number of hydrogen-bond donors (Lipinski definition) is 1. The SMILES string of the molecule is COCCn1cc(C(=O)N[C@@H]2CCC[C@@H]2N2CCC(OC)C2)nn1. The van der Waals surface area contributed by atoms with E-state index in [1.54, 1.807) is 25.1 Å². The van der Waals surface area contributed by atoms with E-state index in [0.29, 0.717) is 31.0 Å². The summed E-state index contributed by atoms with van der Waals surface area (Å²) >= 11 is 0. The van der Waals surface area contributed by atoms with Crippen LogP contribution in [0.4, 0.5) is 0 Å². The summed E-state index contributed by atoms with van der Waals surface area (Å²) in [5.74, 6) is -0.141. The quantitative estimate of drug-likeness (QED) is 0.770. The Kier molecular flexibility index (Phi) is 5.80. The van der Waals surface area contributed by atoms with Crippen molar-refractivity contribution < 1.29 is 14.3 Å². The molecule has 2 fully saturated rings. The molecule has 1 aromatic heterocycles. The zero-order valence-electron chi connectivity index (χ0n) is 14.5. The van der Waals surface area contributed by atoms with Gasteiger partial charge in [-0.3, -0.25) is 9.69 Å². The van der Waals surface area contributed by atoms with Gasteiger partial charge < -0.3 is 14.8 Å². The van der Waals surface area contributed by atoms with Gasteiger partial charge in [-0.2, -0.15) is 0 Å². The number of aromatic nitrogens is 3. The van der Waals surface area contributed by atoms with Gasteiger partial charge in [0, 0.05) is 39.4 Å². The maximum atomic E-state index is 12.5. The second-order valence-electron chi connectivity index (χ2n) is 6.58. The van der Waals surface area contributed by atoms with Crippen LogP contribution in [0.5, 0.6) is 0 Å². The number of carbonyl (C=O) groups is 1. The molecule has 3 rings (SSSR count). The molecular weight excluding hydrogens is 310 g/mol. The highest BCUT2D eigenvalue weighted by atomic mass is 16.5. The van der Waals surface area contributed by atoms with Crippen molar-refractivity contribution in [1.29, 1.82) is 0 Å². The lowest BCUT2D eigenvalue weighted by molar-refractivity contribution is 0.0869. The predicted molar refractivity (Wildman–Crippen MR) is 87.8 cm³/mol. The van der Waals surface area contributed by atoms with Crippen LogP contribution in [-0.2, 0) is 16.0 Å². The van der Waals surface area contributed by atoms with Crippen LogP contribution in [0, 0.1) is 0 Å². The third-order valence-electron chi connectivity index (χ3n) is 5.07. The average Bonchev–Trinajstić information content (AvgIpc) is 3.32. The predicted octanol–water partition coefficient (Wildman–Crippen LogP) is 0.296. The van der Waals surface area contributed by atoms with E-state index in [-0.39, 0.29) is 11.9 Å². The Morgan fingerprint density at radius 3 is 3.00 bits per heavy atom. The molecule has 0 aromatic carbocycles. The standard InChI is InChI=1S/C16H27N5O3/c1-23-9-8-21-11-14(18-19-21)16(22)17-13-4-3-5-15(13)20-7-6-12(10-20)24-2/h11-13,15H,3-10H2,1-2H3,(H,17,22)/t12?,13-,15+/m1/s1. The summed E-state index contributed by atoms with van der Waals surface area (Å²) in [4.78, 5) is 14.9. The largest absolute Gasteiger partial charge is 0.383 e. The van der Waals surface area contributed by atoms with Crippen LogP contribution >= 0.6 is 0 Å². The Morgan fingerprint density at radius 1 is 1.38 bits per heavy atom. The smallest absolute Gasteiger partial charge is 0.273 e. The summed E-state index contributed by atoms with van der Waals surface area (Å²) in [5, 5.41) is 11.1. The van der Waals surface area contributed by atoms with E-state index in [9.17, 15) is 4.79 Å². The molecule has 2 aliphatic rings. The van der Waals surface area contributed by atoms with Crippen LogP contribution in [0.1, 0.15) is 36.2 Å². The summed E-state index contributed by atoms with van der Waals surface area (Å²) in [6.07, 6.45) is 6.35. The van der Waals surface area contributed by atoms with Gasteiger partial charge in [0.2, 0.25) is 0 Å². The Morgan fingerprint density at radius 2 is 2.25 bits per heavy atom. The zero-order valence-corrected chi connectivity index (χ0v) is 14.5. The van der Waals surface area contributed by atoms with E-state index in [1.807, 2.05) is 0 Å². The number of amides is 1. The third-order valence-corrected chi connectivity index (χ3v) is 5.07. The Balaban J connectivity index is 1.56. The van der Waals surface area contributed by atoms with Crippen molar-refractivity contribution in [3.05, 3.63) is 11.9 Å². The lowest BCUT2D eigenvalue weighted by Gasteiger charge is -2.29. The van der Waals surface area contributed by atoms with Crippen LogP contribution in [-0.4, -0.2) is 77.9 Å². The fourth-order valence-corrected chi connectivity index (χ4v) is 3.73. The Bertz CT molecular complexity index is 550. The summed E-state index contributed by atoms with van der Waals surface area (Å²) in [6.45, 7) is 3.14. The number of likely N-dealkylation sites (tertiary alicyclic amines) is 1. The molecule has 1 aliphatic heterocycles. The molecule has 1 N–H and O–H groups in total. The van der Waals surface area contributed by atoms with Crippen molar-refractivity contribution in [2.75, 3.05) is 33.9 Å². The first kappa shape index (κ1) is 17.3. The fourth-order valence-electron chi connectivity index (χ4n) is 3.73. The van der Waals surface area contributed by atoms with Crippen molar-refractivity contribution in [1.82, 2.24) is 25.2 Å². The highest BCUT2D eigenvalue weighted by molar-refractivity contribution is 5.92. The summed E-state index contributed by atoms with van der Waals surface area (Å²) in [5.41, 5.74) is 0.368. The molecule has 134 valence electrons. The molecule has 8 nitrogen and oxygen atoms in total. The molecule has 3 atom stereocenters. The Hall–Kier alpha value is -1.51. The van der Waals surface area contributed by atoms with Crippen LogP contribution < -0.4 is 5.32 Å². The van der Waals surface area contributed by atoms with Crippen LogP contribution in [0.3, 0.4) is 0 Å². The van der Waals surface area contributed by atoms with Crippen molar-refractivity contribution >= 4 is 5.91 Å². The molecule has 0 spiro atoms. The number of nitrogens with one attached hydrogen (secondary N) is 1. The van der Waals surface area contributed by atoms with Crippen molar-refractivity contribution in [2.45, 2.75) is 50.4 Å². The topological polar surface area (TPSA) is 81.5 Å². The van der Waals surface area contributed by atoms with Crippen molar-refractivity contribution in [3.63, 3.8) is 0 Å². The van der Waals surface area contributed by atoms with E-state index in [1.165, 1.54) is 0 Å². The lowest BCUT2D eigenvalue weighted by Crippen LogP contribution is -2.48. The van der Waals surface area contributed by atoms with E-state index < -0.39 is 0 Å². The van der Waals surface area contributed by atoms with Gasteiger partial charge in [0.05, 0.1) is 25.5 Å². The number of rotatable bonds is 7. The highest BCUT2D eigenvalue weighted by Crippen LogP contribution is 2.28. The minimum Gasteiger partial charge on any atom is -0.383 e. The van der Waals surface area contributed by atoms with Gasteiger partial charge in [0.25, 0.3) is 5.91 Å². The number of hydrogen-bond acceptors (Lipinski definition) is 6. The van der Waals surface area contributed by atoms with Crippen LogP contribution in [0.2, 0.25) is 0 Å². The van der Waals surface area contributed by atoms with E-state index in [4.69, 9.17) is 9.47 Å². The van der Waals surface area contributed by atoms with Crippen LogP contribution in [0.25, 0.3) is 0 Å². The molecule has 1 aromatic rings. The normalized spacial score (nSPS) is 27.7. The second-order valence-corrected chi connectivity index (χ2v) is 6.58. The van der Waals surface area contributed by atoms with Gasteiger partial charge in [-0.1, -0.05) is 5.21 Å². The first-order valence-corrected chi connectivity index (χ1v) is 8.68. The molecule has 8 heteroatoms. The van der Waals surface area contributed by atoms with Gasteiger partial charge in [0.1, 0.15) is 0 Å². The number of nitrogens with zero attached hydrogens (tertiary/aromatic N) is 4.